The highest BCUT2D eigenvalue weighted by atomic mass is 32.1. The fourth-order valence-electron chi connectivity index (χ4n) is 3.34. The van der Waals surface area contributed by atoms with E-state index in [2.05, 4.69) is 36.2 Å². The van der Waals surface area contributed by atoms with Gasteiger partial charge in [-0.25, -0.2) is 4.98 Å². The Hall–Kier alpha value is -2.46. The van der Waals surface area contributed by atoms with Crippen LogP contribution >= 0.6 is 11.3 Å². The predicted octanol–water partition coefficient (Wildman–Crippen LogP) is 4.64. The summed E-state index contributed by atoms with van der Waals surface area (Å²) >= 11 is 1.60. The zero-order valence-electron chi connectivity index (χ0n) is 14.2. The number of hydrogen-bond donors (Lipinski definition) is 0. The summed E-state index contributed by atoms with van der Waals surface area (Å²) in [6, 6.07) is 16.5. The molecule has 0 bridgehead atoms. The van der Waals surface area contributed by atoms with Crippen molar-refractivity contribution in [3.05, 3.63) is 70.7 Å². The highest BCUT2D eigenvalue weighted by Gasteiger charge is 2.22. The number of aromatic nitrogens is 1. The zero-order valence-corrected chi connectivity index (χ0v) is 15.1. The zero-order chi connectivity index (χ0) is 17.2. The number of carbonyl (C=O) groups excluding carboxylic acids is 1. The molecule has 1 aliphatic heterocycles. The summed E-state index contributed by atoms with van der Waals surface area (Å²) in [6.07, 6.45) is 2.43. The Labute approximate surface area is 152 Å². The molecule has 3 nitrogen and oxygen atoms in total. The second-order valence-electron chi connectivity index (χ2n) is 6.47. The van der Waals surface area contributed by atoms with Crippen LogP contribution in [0, 0.1) is 6.92 Å². The Balaban J connectivity index is 1.53. The van der Waals surface area contributed by atoms with Crippen molar-refractivity contribution in [3.8, 4) is 10.6 Å². The monoisotopic (exact) mass is 348 g/mol. The van der Waals surface area contributed by atoms with Gasteiger partial charge in [0.2, 0.25) is 5.91 Å². The van der Waals surface area contributed by atoms with Gasteiger partial charge in [-0.05, 0) is 37.5 Å². The number of fused-ring (bicyclic) bond motifs is 1. The molecule has 0 N–H and O–H groups in total. The lowest BCUT2D eigenvalue weighted by Crippen LogP contribution is -2.36. The Bertz CT molecular complexity index is 916. The molecule has 0 spiro atoms. The molecule has 0 saturated heterocycles. The lowest BCUT2D eigenvalue weighted by Gasteiger charge is -2.29. The van der Waals surface area contributed by atoms with Gasteiger partial charge in [0.1, 0.15) is 5.01 Å². The molecule has 0 saturated carbocycles. The van der Waals surface area contributed by atoms with E-state index in [4.69, 9.17) is 0 Å². The Kier molecular flexibility index (Phi) is 4.36. The van der Waals surface area contributed by atoms with Gasteiger partial charge in [-0.2, -0.15) is 0 Å². The molecule has 2 aromatic carbocycles. The van der Waals surface area contributed by atoms with Crippen molar-refractivity contribution >= 4 is 22.9 Å². The van der Waals surface area contributed by atoms with Crippen LogP contribution in [0.1, 0.15) is 23.2 Å². The highest BCUT2D eigenvalue weighted by Crippen LogP contribution is 2.28. The Morgan fingerprint density at radius 3 is 2.96 bits per heavy atom. The minimum Gasteiger partial charge on any atom is -0.312 e. The first kappa shape index (κ1) is 16.0. The fourth-order valence-corrected chi connectivity index (χ4v) is 4.16. The molecular formula is C21H20N2OS. The smallest absolute Gasteiger partial charge is 0.233 e. The largest absolute Gasteiger partial charge is 0.312 e. The number of nitrogens with zero attached hydrogens (tertiary/aromatic N) is 2. The lowest BCUT2D eigenvalue weighted by atomic mass is 10.0. The van der Waals surface area contributed by atoms with E-state index in [-0.39, 0.29) is 5.91 Å². The molecule has 0 fully saturated rings. The van der Waals surface area contributed by atoms with Gasteiger partial charge in [-0.15, -0.1) is 11.3 Å². The molecule has 25 heavy (non-hydrogen) atoms. The third-order valence-corrected chi connectivity index (χ3v) is 5.50. The van der Waals surface area contributed by atoms with Gasteiger partial charge in [0.05, 0.1) is 12.1 Å². The first-order chi connectivity index (χ1) is 12.2. The molecule has 0 radical (unpaired) electrons. The first-order valence-electron chi connectivity index (χ1n) is 8.60. The average molecular weight is 348 g/mol. The van der Waals surface area contributed by atoms with E-state index in [9.17, 15) is 4.79 Å². The molecule has 4 rings (SSSR count). The van der Waals surface area contributed by atoms with E-state index in [0.29, 0.717) is 6.42 Å². The predicted molar refractivity (Wildman–Crippen MR) is 103 cm³/mol. The number of para-hydroxylation sites is 1. The number of hydrogen-bond acceptors (Lipinski definition) is 3. The molecule has 1 aromatic heterocycles. The third-order valence-electron chi connectivity index (χ3n) is 4.56. The number of rotatable bonds is 3. The van der Waals surface area contributed by atoms with Gasteiger partial charge in [-0.3, -0.25) is 4.79 Å². The molecule has 2 heterocycles. The summed E-state index contributed by atoms with van der Waals surface area (Å²) in [4.78, 5) is 19.4. The van der Waals surface area contributed by atoms with Crippen LogP contribution in [-0.2, 0) is 17.6 Å². The van der Waals surface area contributed by atoms with Gasteiger partial charge < -0.3 is 4.90 Å². The molecule has 4 heteroatoms. The standard InChI is InChI=1S/C21H20N2OS/c1-15-6-4-8-17(12-15)21-22-18(14-25-21)13-20(24)23-11-5-9-16-7-2-3-10-19(16)23/h2-4,6-8,10,12,14H,5,9,11,13H2,1H3. The van der Waals surface area contributed by atoms with Crippen molar-refractivity contribution in [2.24, 2.45) is 0 Å². The number of amides is 1. The molecule has 0 unspecified atom stereocenters. The minimum atomic E-state index is 0.133. The number of aryl methyl sites for hydroxylation is 2. The van der Waals surface area contributed by atoms with Gasteiger partial charge in [0, 0.05) is 23.2 Å². The van der Waals surface area contributed by atoms with Crippen molar-refractivity contribution in [2.75, 3.05) is 11.4 Å². The second kappa shape index (κ2) is 6.81. The topological polar surface area (TPSA) is 33.2 Å². The van der Waals surface area contributed by atoms with Crippen LogP contribution in [0.2, 0.25) is 0 Å². The average Bonchev–Trinajstić information content (AvgIpc) is 3.10. The van der Waals surface area contributed by atoms with Crippen LogP contribution < -0.4 is 4.90 Å². The summed E-state index contributed by atoms with van der Waals surface area (Å²) in [6.45, 7) is 2.88. The second-order valence-corrected chi connectivity index (χ2v) is 7.33. The summed E-state index contributed by atoms with van der Waals surface area (Å²) < 4.78 is 0. The molecule has 0 atom stereocenters. The third kappa shape index (κ3) is 3.35. The SMILES string of the molecule is Cc1cccc(-c2nc(CC(=O)N3CCCc4ccccc43)cs2)c1. The van der Waals surface area contributed by atoms with Crippen molar-refractivity contribution in [3.63, 3.8) is 0 Å². The fraction of sp³-hybridized carbons (Fsp3) is 0.238. The van der Waals surface area contributed by atoms with Crippen LogP contribution in [-0.4, -0.2) is 17.4 Å². The van der Waals surface area contributed by atoms with Crippen molar-refractivity contribution in [1.82, 2.24) is 4.98 Å². The summed E-state index contributed by atoms with van der Waals surface area (Å²) in [5.74, 6) is 0.133. The quantitative estimate of drug-likeness (QED) is 0.691. The van der Waals surface area contributed by atoms with E-state index >= 15 is 0 Å². The van der Waals surface area contributed by atoms with E-state index in [1.165, 1.54) is 11.1 Å². The van der Waals surface area contributed by atoms with E-state index < -0.39 is 0 Å². The summed E-state index contributed by atoms with van der Waals surface area (Å²) in [5.41, 5.74) is 5.52. The van der Waals surface area contributed by atoms with Crippen LogP contribution in [0.25, 0.3) is 10.6 Å². The van der Waals surface area contributed by atoms with E-state index in [1.54, 1.807) is 11.3 Å². The van der Waals surface area contributed by atoms with Crippen LogP contribution in [0.3, 0.4) is 0 Å². The van der Waals surface area contributed by atoms with Gasteiger partial charge in [-0.1, -0.05) is 42.0 Å². The van der Waals surface area contributed by atoms with Crippen LogP contribution in [0.5, 0.6) is 0 Å². The van der Waals surface area contributed by atoms with Gasteiger partial charge in [0.25, 0.3) is 0 Å². The molecule has 1 amide bonds. The molecule has 0 aliphatic carbocycles. The minimum absolute atomic E-state index is 0.133. The number of carbonyl (C=O) groups is 1. The van der Waals surface area contributed by atoms with E-state index in [0.717, 1.165) is 41.3 Å². The summed E-state index contributed by atoms with van der Waals surface area (Å²) in [7, 11) is 0. The molecular weight excluding hydrogens is 328 g/mol. The van der Waals surface area contributed by atoms with Gasteiger partial charge >= 0.3 is 0 Å². The van der Waals surface area contributed by atoms with Crippen LogP contribution in [0.15, 0.2) is 53.9 Å². The Morgan fingerprint density at radius 2 is 2.08 bits per heavy atom. The van der Waals surface area contributed by atoms with Crippen molar-refractivity contribution in [2.45, 2.75) is 26.2 Å². The maximum absolute atomic E-state index is 12.8. The molecule has 3 aromatic rings. The lowest BCUT2D eigenvalue weighted by molar-refractivity contribution is -0.118. The highest BCUT2D eigenvalue weighted by molar-refractivity contribution is 7.13. The van der Waals surface area contributed by atoms with Crippen LogP contribution in [0.4, 0.5) is 5.69 Å². The normalized spacial score (nSPS) is 13.6. The van der Waals surface area contributed by atoms with Gasteiger partial charge in [0.15, 0.2) is 0 Å². The molecule has 126 valence electrons. The maximum atomic E-state index is 12.8. The maximum Gasteiger partial charge on any atom is 0.233 e. The van der Waals surface area contributed by atoms with Crippen molar-refractivity contribution < 1.29 is 4.79 Å². The van der Waals surface area contributed by atoms with Crippen molar-refractivity contribution in [1.29, 1.82) is 0 Å². The number of benzene rings is 2. The molecule has 1 aliphatic rings. The summed E-state index contributed by atoms with van der Waals surface area (Å²) in [5, 5.41) is 2.98. The first-order valence-corrected chi connectivity index (χ1v) is 9.48. The number of thiazole rings is 1. The number of anilines is 1. The van der Waals surface area contributed by atoms with E-state index in [1.807, 2.05) is 34.5 Å². The Morgan fingerprint density at radius 1 is 1.20 bits per heavy atom.